The second-order valence-electron chi connectivity index (χ2n) is 8.91. The summed E-state index contributed by atoms with van der Waals surface area (Å²) >= 11 is 0. The lowest BCUT2D eigenvalue weighted by Crippen LogP contribution is -2.48. The van der Waals surface area contributed by atoms with Gasteiger partial charge in [0.1, 0.15) is 0 Å². The molecule has 168 valence electrons. The van der Waals surface area contributed by atoms with E-state index >= 15 is 0 Å². The van der Waals surface area contributed by atoms with Gasteiger partial charge in [-0.3, -0.25) is 4.90 Å². The van der Waals surface area contributed by atoms with E-state index in [1.165, 1.54) is 22.4 Å². The Labute approximate surface area is 190 Å². The topological polar surface area (TPSA) is 59.3 Å². The number of piperazine rings is 1. The molecule has 0 unspecified atom stereocenters. The van der Waals surface area contributed by atoms with Gasteiger partial charge in [0.2, 0.25) is 0 Å². The second-order valence-corrected chi connectivity index (χ2v) is 8.91. The van der Waals surface area contributed by atoms with Crippen LogP contribution in [0.25, 0.3) is 0 Å². The zero-order valence-electron chi connectivity index (χ0n) is 19.0. The molecular formula is C25H32N6O. The molecule has 0 N–H and O–H groups in total. The highest BCUT2D eigenvalue weighted by Gasteiger charge is 2.31. The van der Waals surface area contributed by atoms with Crippen LogP contribution in [0.15, 0.2) is 48.5 Å². The van der Waals surface area contributed by atoms with Gasteiger partial charge in [-0.1, -0.05) is 42.5 Å². The van der Waals surface area contributed by atoms with E-state index in [9.17, 15) is 0 Å². The Morgan fingerprint density at radius 2 is 1.81 bits per heavy atom. The van der Waals surface area contributed by atoms with E-state index in [2.05, 4.69) is 87.7 Å². The predicted molar refractivity (Wildman–Crippen MR) is 125 cm³/mol. The third kappa shape index (κ3) is 4.27. The van der Waals surface area contributed by atoms with E-state index < -0.39 is 0 Å². The van der Waals surface area contributed by atoms with Crippen LogP contribution in [-0.4, -0.2) is 64.0 Å². The molecule has 2 atom stereocenters. The molecule has 0 amide bonds. The van der Waals surface area contributed by atoms with Crippen LogP contribution >= 0.6 is 0 Å². The maximum atomic E-state index is 5.86. The summed E-state index contributed by atoms with van der Waals surface area (Å²) < 4.78 is 7.82. The van der Waals surface area contributed by atoms with Gasteiger partial charge < -0.3 is 9.64 Å². The van der Waals surface area contributed by atoms with Gasteiger partial charge in [0.15, 0.2) is 5.82 Å². The zero-order valence-corrected chi connectivity index (χ0v) is 19.0. The minimum atomic E-state index is 0.0355. The van der Waals surface area contributed by atoms with Crippen LogP contribution in [0.3, 0.4) is 0 Å². The Kier molecular flexibility index (Phi) is 6.19. The maximum Gasteiger partial charge on any atom is 0.173 e. The Bertz CT molecular complexity index is 1020. The number of rotatable bonds is 6. The minimum Gasteiger partial charge on any atom is -0.376 e. The number of anilines is 1. The maximum absolute atomic E-state index is 5.86. The van der Waals surface area contributed by atoms with Gasteiger partial charge in [0.05, 0.1) is 18.7 Å². The Balaban J connectivity index is 1.39. The van der Waals surface area contributed by atoms with Gasteiger partial charge >= 0.3 is 0 Å². The van der Waals surface area contributed by atoms with Gasteiger partial charge in [-0.15, -0.1) is 5.10 Å². The molecule has 0 bridgehead atoms. The molecule has 0 aliphatic carbocycles. The van der Waals surface area contributed by atoms with Crippen LogP contribution in [0, 0.1) is 13.8 Å². The first-order valence-corrected chi connectivity index (χ1v) is 11.7. The van der Waals surface area contributed by atoms with Crippen molar-refractivity contribution in [2.45, 2.75) is 45.4 Å². The van der Waals surface area contributed by atoms with Gasteiger partial charge in [-0.2, -0.15) is 0 Å². The molecule has 0 spiro atoms. The van der Waals surface area contributed by atoms with E-state index in [0.717, 1.165) is 51.5 Å². The lowest BCUT2D eigenvalue weighted by Gasteiger charge is -2.40. The number of hydrogen-bond acceptors (Lipinski definition) is 6. The standard InChI is InChI=1S/C25H32N6O/c1-19-8-6-12-23(20(19)2)29-13-15-30(16-14-29)24(21-9-4-3-5-10-21)25-26-27-28-31(25)18-22-11-7-17-32-22/h3-6,8-10,12,22,24H,7,11,13-18H2,1-2H3/t22-,24+/m1/s1. The largest absolute Gasteiger partial charge is 0.376 e. The predicted octanol–water partition coefficient (Wildman–Crippen LogP) is 3.38. The fraction of sp³-hybridized carbons (Fsp3) is 0.480. The Morgan fingerprint density at radius 1 is 1.00 bits per heavy atom. The minimum absolute atomic E-state index is 0.0355. The first-order chi connectivity index (χ1) is 15.7. The van der Waals surface area contributed by atoms with Crippen LogP contribution in [0.2, 0.25) is 0 Å². The highest BCUT2D eigenvalue weighted by Crippen LogP contribution is 2.30. The third-order valence-electron chi connectivity index (χ3n) is 6.92. The lowest BCUT2D eigenvalue weighted by atomic mass is 10.0. The molecular weight excluding hydrogens is 400 g/mol. The molecule has 3 aromatic rings. The van der Waals surface area contributed by atoms with Crippen molar-refractivity contribution in [1.82, 2.24) is 25.1 Å². The normalized spacial score (nSPS) is 20.6. The van der Waals surface area contributed by atoms with Gasteiger partial charge in [0, 0.05) is 38.5 Å². The van der Waals surface area contributed by atoms with Gasteiger partial charge in [-0.25, -0.2) is 4.68 Å². The summed E-state index contributed by atoms with van der Waals surface area (Å²) in [6.45, 7) is 9.86. The van der Waals surface area contributed by atoms with E-state index in [1.807, 2.05) is 4.68 Å². The van der Waals surface area contributed by atoms with Crippen molar-refractivity contribution in [3.8, 4) is 0 Å². The van der Waals surface area contributed by atoms with Crippen LogP contribution in [0.5, 0.6) is 0 Å². The summed E-state index contributed by atoms with van der Waals surface area (Å²) in [7, 11) is 0. The van der Waals surface area contributed by atoms with E-state index in [4.69, 9.17) is 4.74 Å². The number of aryl methyl sites for hydroxylation is 1. The van der Waals surface area contributed by atoms with Crippen LogP contribution in [0.1, 0.15) is 41.4 Å². The SMILES string of the molecule is Cc1cccc(N2CCN([C@@H](c3ccccc3)c3nnnn3C[C@H]3CCCO3)CC2)c1C. The second kappa shape index (κ2) is 9.38. The van der Waals surface area contributed by atoms with Crippen molar-refractivity contribution in [1.29, 1.82) is 0 Å². The molecule has 2 aromatic carbocycles. The molecule has 0 saturated carbocycles. The molecule has 2 saturated heterocycles. The van der Waals surface area contributed by atoms with E-state index in [0.29, 0.717) is 6.54 Å². The highest BCUT2D eigenvalue weighted by atomic mass is 16.5. The summed E-state index contributed by atoms with van der Waals surface area (Å²) in [5.74, 6) is 0.909. The van der Waals surface area contributed by atoms with Crippen molar-refractivity contribution >= 4 is 5.69 Å². The smallest absolute Gasteiger partial charge is 0.173 e. The number of benzene rings is 2. The van der Waals surface area contributed by atoms with E-state index in [-0.39, 0.29) is 12.1 Å². The fourth-order valence-electron chi connectivity index (χ4n) is 4.98. The van der Waals surface area contributed by atoms with Crippen LogP contribution in [0.4, 0.5) is 5.69 Å². The summed E-state index contributed by atoms with van der Waals surface area (Å²) in [6, 6.07) is 17.3. The van der Waals surface area contributed by atoms with E-state index in [1.54, 1.807) is 0 Å². The van der Waals surface area contributed by atoms with Gasteiger partial charge in [0.25, 0.3) is 0 Å². The van der Waals surface area contributed by atoms with Crippen molar-refractivity contribution in [3.05, 3.63) is 71.0 Å². The summed E-state index contributed by atoms with van der Waals surface area (Å²) in [4.78, 5) is 5.03. The third-order valence-corrected chi connectivity index (χ3v) is 6.92. The molecule has 7 nitrogen and oxygen atoms in total. The average molecular weight is 433 g/mol. The summed E-state index contributed by atoms with van der Waals surface area (Å²) in [5.41, 5.74) is 5.31. The molecule has 2 fully saturated rings. The van der Waals surface area contributed by atoms with Crippen molar-refractivity contribution in [3.63, 3.8) is 0 Å². The lowest BCUT2D eigenvalue weighted by molar-refractivity contribution is 0.0906. The molecule has 0 radical (unpaired) electrons. The molecule has 2 aliphatic rings. The van der Waals surface area contributed by atoms with Crippen LogP contribution < -0.4 is 4.90 Å². The average Bonchev–Trinajstić information content (AvgIpc) is 3.50. The Morgan fingerprint density at radius 3 is 2.56 bits per heavy atom. The molecule has 2 aliphatic heterocycles. The molecule has 7 heteroatoms. The molecule has 1 aromatic heterocycles. The zero-order chi connectivity index (χ0) is 21.9. The first-order valence-electron chi connectivity index (χ1n) is 11.7. The number of nitrogens with zero attached hydrogens (tertiary/aromatic N) is 6. The molecule has 32 heavy (non-hydrogen) atoms. The number of hydrogen-bond donors (Lipinski definition) is 0. The number of ether oxygens (including phenoxy) is 1. The highest BCUT2D eigenvalue weighted by molar-refractivity contribution is 5.56. The number of tetrazole rings is 1. The first kappa shape index (κ1) is 21.1. The van der Waals surface area contributed by atoms with Crippen molar-refractivity contribution in [2.24, 2.45) is 0 Å². The fourth-order valence-corrected chi connectivity index (χ4v) is 4.98. The molecule has 5 rings (SSSR count). The molecule has 3 heterocycles. The monoisotopic (exact) mass is 432 g/mol. The van der Waals surface area contributed by atoms with Gasteiger partial charge in [-0.05, 0) is 59.9 Å². The summed E-state index contributed by atoms with van der Waals surface area (Å²) in [5, 5.41) is 12.9. The van der Waals surface area contributed by atoms with Crippen LogP contribution in [-0.2, 0) is 11.3 Å². The summed E-state index contributed by atoms with van der Waals surface area (Å²) in [6.07, 6.45) is 2.39. The quantitative estimate of drug-likeness (QED) is 0.595. The van der Waals surface area contributed by atoms with Crippen molar-refractivity contribution in [2.75, 3.05) is 37.7 Å². The number of aromatic nitrogens is 4. The van der Waals surface area contributed by atoms with Crippen molar-refractivity contribution < 1.29 is 4.74 Å². The Hall–Kier alpha value is -2.77.